The lowest BCUT2D eigenvalue weighted by Crippen LogP contribution is -2.32. The van der Waals surface area contributed by atoms with Gasteiger partial charge in [0.05, 0.1) is 11.4 Å². The van der Waals surface area contributed by atoms with Crippen molar-refractivity contribution in [2.45, 2.75) is 26.8 Å². The number of aryl methyl sites for hydroxylation is 1. The van der Waals surface area contributed by atoms with Crippen molar-refractivity contribution in [3.05, 3.63) is 46.2 Å². The Kier molecular flexibility index (Phi) is 4.18. The topological polar surface area (TPSA) is 50.2 Å². The van der Waals surface area contributed by atoms with Crippen LogP contribution in [0.5, 0.6) is 0 Å². The Morgan fingerprint density at radius 3 is 2.77 bits per heavy atom. The molecule has 5 nitrogen and oxygen atoms in total. The number of fused-ring (bicyclic) bond motifs is 1. The predicted octanol–water partition coefficient (Wildman–Crippen LogP) is 3.30. The molecule has 0 aliphatic carbocycles. The number of halogens is 1. The van der Waals surface area contributed by atoms with E-state index in [4.69, 9.17) is 11.6 Å². The van der Waals surface area contributed by atoms with Crippen molar-refractivity contribution in [2.75, 3.05) is 18.4 Å². The summed E-state index contributed by atoms with van der Waals surface area (Å²) in [6, 6.07) is 6.83. The summed E-state index contributed by atoms with van der Waals surface area (Å²) in [5.74, 6) is 0. The Morgan fingerprint density at radius 2 is 2.09 bits per heavy atom. The maximum absolute atomic E-state index is 12.5. The minimum absolute atomic E-state index is 0.225. The van der Waals surface area contributed by atoms with Crippen molar-refractivity contribution in [3.63, 3.8) is 0 Å². The van der Waals surface area contributed by atoms with Crippen LogP contribution in [0.25, 0.3) is 0 Å². The quantitative estimate of drug-likeness (QED) is 0.924. The first kappa shape index (κ1) is 15.1. The van der Waals surface area contributed by atoms with Gasteiger partial charge in [0.1, 0.15) is 0 Å². The molecule has 1 aliphatic heterocycles. The molecule has 3 rings (SSSR count). The van der Waals surface area contributed by atoms with Crippen molar-refractivity contribution in [1.29, 1.82) is 0 Å². The van der Waals surface area contributed by atoms with Crippen LogP contribution in [0.2, 0.25) is 5.02 Å². The van der Waals surface area contributed by atoms with Crippen LogP contribution < -0.4 is 5.32 Å². The minimum Gasteiger partial charge on any atom is -0.306 e. The van der Waals surface area contributed by atoms with Gasteiger partial charge in [0, 0.05) is 35.8 Å². The molecule has 1 N–H and O–H groups in total. The van der Waals surface area contributed by atoms with Gasteiger partial charge in [-0.25, -0.2) is 4.79 Å². The highest BCUT2D eigenvalue weighted by molar-refractivity contribution is 6.30. The smallest absolute Gasteiger partial charge is 0.306 e. The number of nitrogens with zero attached hydrogens (tertiary/aromatic N) is 3. The van der Waals surface area contributed by atoms with Crippen LogP contribution in [-0.2, 0) is 13.0 Å². The number of benzene rings is 1. The van der Waals surface area contributed by atoms with Crippen LogP contribution in [0.15, 0.2) is 24.3 Å². The number of rotatable bonds is 2. The summed E-state index contributed by atoms with van der Waals surface area (Å²) in [4.78, 5) is 14.8. The van der Waals surface area contributed by atoms with E-state index >= 15 is 0 Å². The number of carbonyl (C=O) groups is 1. The predicted molar refractivity (Wildman–Crippen MR) is 87.5 cm³/mol. The molecular formula is C16H19ClN4O. The maximum Gasteiger partial charge on any atom is 0.346 e. The summed E-state index contributed by atoms with van der Waals surface area (Å²) < 4.78 is 1.51. The summed E-state index contributed by atoms with van der Waals surface area (Å²) in [5, 5.41) is 7.93. The number of aromatic nitrogens is 2. The van der Waals surface area contributed by atoms with E-state index < -0.39 is 0 Å². The number of likely N-dealkylation sites (N-methyl/N-ethyl adjacent to an activating group) is 1. The molecule has 0 radical (unpaired) electrons. The Balaban J connectivity index is 1.83. The monoisotopic (exact) mass is 318 g/mol. The summed E-state index contributed by atoms with van der Waals surface area (Å²) in [6.07, 6.45) is 0.845. The van der Waals surface area contributed by atoms with Gasteiger partial charge < -0.3 is 5.32 Å². The molecule has 1 aromatic carbocycles. The van der Waals surface area contributed by atoms with Gasteiger partial charge in [0.2, 0.25) is 0 Å². The molecule has 6 heteroatoms. The molecular weight excluding hydrogens is 300 g/mol. The van der Waals surface area contributed by atoms with E-state index in [1.54, 1.807) is 24.3 Å². The lowest BCUT2D eigenvalue weighted by Gasteiger charge is -2.25. The van der Waals surface area contributed by atoms with Gasteiger partial charge in [-0.2, -0.15) is 9.78 Å². The van der Waals surface area contributed by atoms with Crippen LogP contribution in [0.1, 0.15) is 23.9 Å². The third-order valence-corrected chi connectivity index (χ3v) is 4.32. The van der Waals surface area contributed by atoms with Crippen molar-refractivity contribution in [1.82, 2.24) is 14.7 Å². The second-order valence-corrected chi connectivity index (χ2v) is 5.91. The van der Waals surface area contributed by atoms with Gasteiger partial charge in [-0.1, -0.05) is 18.5 Å². The zero-order valence-electron chi connectivity index (χ0n) is 12.8. The average molecular weight is 319 g/mol. The standard InChI is InChI=1S/C16H19ClN4O/c1-3-20-9-8-15-14(10-20)11(2)19-21(15)16(22)18-13-6-4-12(17)5-7-13/h4-7H,3,8-10H2,1-2H3,(H,18,22). The molecule has 2 heterocycles. The van der Waals surface area contributed by atoms with E-state index in [9.17, 15) is 4.79 Å². The van der Waals surface area contributed by atoms with Crippen LogP contribution >= 0.6 is 11.6 Å². The van der Waals surface area contributed by atoms with Crippen molar-refractivity contribution < 1.29 is 4.79 Å². The van der Waals surface area contributed by atoms with Gasteiger partial charge >= 0.3 is 6.03 Å². The Bertz CT molecular complexity index is 693. The fourth-order valence-electron chi connectivity index (χ4n) is 2.78. The molecule has 22 heavy (non-hydrogen) atoms. The maximum atomic E-state index is 12.5. The second kappa shape index (κ2) is 6.10. The first-order valence-corrected chi connectivity index (χ1v) is 7.83. The third kappa shape index (κ3) is 2.87. The second-order valence-electron chi connectivity index (χ2n) is 5.48. The molecule has 0 unspecified atom stereocenters. The fourth-order valence-corrected chi connectivity index (χ4v) is 2.91. The van der Waals surface area contributed by atoms with Gasteiger partial charge in [-0.15, -0.1) is 0 Å². The molecule has 0 atom stereocenters. The van der Waals surface area contributed by atoms with E-state index in [1.807, 2.05) is 6.92 Å². The molecule has 1 amide bonds. The highest BCUT2D eigenvalue weighted by Crippen LogP contribution is 2.22. The first-order chi connectivity index (χ1) is 10.6. The average Bonchev–Trinajstić information content (AvgIpc) is 2.86. The lowest BCUT2D eigenvalue weighted by atomic mass is 10.1. The Hall–Kier alpha value is -1.85. The number of carbonyl (C=O) groups excluding carboxylic acids is 1. The molecule has 0 saturated carbocycles. The fraction of sp³-hybridized carbons (Fsp3) is 0.375. The molecule has 0 fully saturated rings. The SMILES string of the molecule is CCN1CCc2c(c(C)nn2C(=O)Nc2ccc(Cl)cc2)C1. The molecule has 1 aromatic heterocycles. The number of hydrogen-bond acceptors (Lipinski definition) is 3. The number of nitrogens with one attached hydrogen (secondary N) is 1. The van der Waals surface area contributed by atoms with Crippen molar-refractivity contribution in [2.24, 2.45) is 0 Å². The highest BCUT2D eigenvalue weighted by atomic mass is 35.5. The summed E-state index contributed by atoms with van der Waals surface area (Å²) in [6.45, 7) is 6.96. The van der Waals surface area contributed by atoms with Gasteiger partial charge in [0.15, 0.2) is 0 Å². The molecule has 0 bridgehead atoms. The van der Waals surface area contributed by atoms with Crippen LogP contribution in [0, 0.1) is 6.92 Å². The van der Waals surface area contributed by atoms with Crippen LogP contribution in [0.4, 0.5) is 10.5 Å². The van der Waals surface area contributed by atoms with Crippen LogP contribution in [0.3, 0.4) is 0 Å². The Morgan fingerprint density at radius 1 is 1.36 bits per heavy atom. The largest absolute Gasteiger partial charge is 0.346 e. The van der Waals surface area contributed by atoms with Gasteiger partial charge in [-0.05, 0) is 37.7 Å². The molecule has 0 saturated heterocycles. The summed E-state index contributed by atoms with van der Waals surface area (Å²) in [7, 11) is 0. The normalized spacial score (nSPS) is 14.7. The van der Waals surface area contributed by atoms with E-state index in [0.29, 0.717) is 10.7 Å². The van der Waals surface area contributed by atoms with E-state index in [1.165, 1.54) is 10.2 Å². The number of amides is 1. The molecule has 116 valence electrons. The third-order valence-electron chi connectivity index (χ3n) is 4.07. The minimum atomic E-state index is -0.225. The van der Waals surface area contributed by atoms with Crippen molar-refractivity contribution in [3.8, 4) is 0 Å². The van der Waals surface area contributed by atoms with Gasteiger partial charge in [0.25, 0.3) is 0 Å². The Labute approximate surface area is 134 Å². The first-order valence-electron chi connectivity index (χ1n) is 7.45. The van der Waals surface area contributed by atoms with Crippen molar-refractivity contribution >= 4 is 23.3 Å². The van der Waals surface area contributed by atoms with Gasteiger partial charge in [-0.3, -0.25) is 4.90 Å². The highest BCUT2D eigenvalue weighted by Gasteiger charge is 2.25. The zero-order valence-corrected chi connectivity index (χ0v) is 13.5. The molecule has 0 spiro atoms. The number of anilines is 1. The van der Waals surface area contributed by atoms with E-state index in [0.717, 1.165) is 37.4 Å². The van der Waals surface area contributed by atoms with Crippen LogP contribution in [-0.4, -0.2) is 33.8 Å². The number of hydrogen-bond donors (Lipinski definition) is 1. The van der Waals surface area contributed by atoms with E-state index in [2.05, 4.69) is 22.2 Å². The molecule has 1 aliphatic rings. The summed E-state index contributed by atoms with van der Waals surface area (Å²) >= 11 is 5.86. The van der Waals surface area contributed by atoms with E-state index in [-0.39, 0.29) is 6.03 Å². The zero-order chi connectivity index (χ0) is 15.7. The molecule has 2 aromatic rings. The summed E-state index contributed by atoms with van der Waals surface area (Å²) in [5.41, 5.74) is 3.84. The lowest BCUT2D eigenvalue weighted by molar-refractivity contribution is 0.246.